The van der Waals surface area contributed by atoms with Crippen molar-refractivity contribution in [2.24, 2.45) is 0 Å². The SMILES string of the molecule is CC(C)(C)c1ccc2c(c1)c1cc(C(C)(C)C)cc3c1n2B1c2cccc4c2N(c2ccccc2C42c4ccccc4-c4ccccc42)c2cc4ccccc4c-3c21. The molecule has 0 saturated carbocycles. The maximum absolute atomic E-state index is 2.75. The molecule has 0 saturated heterocycles. The van der Waals surface area contributed by atoms with Crippen LogP contribution in [0.2, 0.25) is 0 Å². The summed E-state index contributed by atoms with van der Waals surface area (Å²) in [6.45, 7) is 14.1. The Morgan fingerprint density at radius 2 is 1.12 bits per heavy atom. The van der Waals surface area contributed by atoms with Crippen LogP contribution in [-0.4, -0.2) is 11.3 Å². The first kappa shape index (κ1) is 32.7. The number of nitrogens with zero attached hydrogens (tertiary/aromatic N) is 2. The Labute approximate surface area is 340 Å². The number of benzene rings is 8. The van der Waals surface area contributed by atoms with Gasteiger partial charge in [0.2, 0.25) is 0 Å². The number of hydrogen-bond donors (Lipinski definition) is 0. The van der Waals surface area contributed by atoms with Gasteiger partial charge < -0.3 is 9.38 Å². The van der Waals surface area contributed by atoms with Crippen molar-refractivity contribution in [1.82, 2.24) is 4.48 Å². The minimum absolute atomic E-state index is 0.0246. The molecule has 9 aromatic rings. The fraction of sp³-hybridized carbons (Fsp3) is 0.164. The van der Waals surface area contributed by atoms with Gasteiger partial charge in [-0.3, -0.25) is 0 Å². The molecular weight excluding hydrogens is 699 g/mol. The number of para-hydroxylation sites is 2. The molecule has 2 nitrogen and oxygen atoms in total. The second kappa shape index (κ2) is 10.6. The maximum Gasteiger partial charge on any atom is 0.333 e. The normalized spacial score (nSPS) is 15.1. The van der Waals surface area contributed by atoms with Gasteiger partial charge in [-0.2, -0.15) is 0 Å². The fourth-order valence-corrected chi connectivity index (χ4v) is 11.7. The predicted molar refractivity (Wildman–Crippen MR) is 246 cm³/mol. The van der Waals surface area contributed by atoms with E-state index in [0.29, 0.717) is 0 Å². The van der Waals surface area contributed by atoms with E-state index in [9.17, 15) is 0 Å². The molecule has 0 amide bonds. The zero-order chi connectivity index (χ0) is 39.0. The third kappa shape index (κ3) is 3.77. The van der Waals surface area contributed by atoms with Crippen LogP contribution in [0.15, 0.2) is 152 Å². The van der Waals surface area contributed by atoms with Crippen molar-refractivity contribution in [2.45, 2.75) is 57.8 Å². The second-order valence-electron chi connectivity index (χ2n) is 19.3. The van der Waals surface area contributed by atoms with Gasteiger partial charge in [0.1, 0.15) is 0 Å². The first-order valence-electron chi connectivity index (χ1n) is 21.0. The van der Waals surface area contributed by atoms with Gasteiger partial charge in [-0.05, 0) is 119 Å². The van der Waals surface area contributed by atoms with E-state index in [2.05, 4.69) is 203 Å². The Bertz CT molecular complexity index is 3280. The molecule has 4 heterocycles. The van der Waals surface area contributed by atoms with E-state index >= 15 is 0 Å². The number of rotatable bonds is 0. The van der Waals surface area contributed by atoms with Gasteiger partial charge in [0.25, 0.3) is 0 Å². The van der Waals surface area contributed by atoms with Crippen LogP contribution in [0, 0.1) is 0 Å². The smallest absolute Gasteiger partial charge is 0.333 e. The second-order valence-corrected chi connectivity index (χ2v) is 19.3. The van der Waals surface area contributed by atoms with E-state index in [0.717, 1.165) is 0 Å². The van der Waals surface area contributed by atoms with Gasteiger partial charge in [0.05, 0.1) is 11.1 Å². The summed E-state index contributed by atoms with van der Waals surface area (Å²) in [4.78, 5) is 2.66. The van der Waals surface area contributed by atoms with E-state index in [4.69, 9.17) is 0 Å². The number of fused-ring (bicyclic) bond motifs is 18. The Morgan fingerprint density at radius 1 is 0.483 bits per heavy atom. The van der Waals surface area contributed by atoms with Crippen LogP contribution in [0.25, 0.3) is 54.8 Å². The highest BCUT2D eigenvalue weighted by atomic mass is 15.2. The molecule has 4 aliphatic rings. The Balaban J connectivity index is 1.25. The number of anilines is 3. The molecule has 58 heavy (non-hydrogen) atoms. The Hall–Kier alpha value is -6.32. The third-order valence-corrected chi connectivity index (χ3v) is 14.2. The molecule has 0 unspecified atom stereocenters. The predicted octanol–water partition coefficient (Wildman–Crippen LogP) is 12.6. The molecule has 0 fully saturated rings. The molecule has 3 heteroatoms. The topological polar surface area (TPSA) is 8.17 Å². The van der Waals surface area contributed by atoms with E-state index in [1.165, 1.54) is 116 Å². The van der Waals surface area contributed by atoms with E-state index in [-0.39, 0.29) is 17.7 Å². The fourth-order valence-electron chi connectivity index (χ4n) is 11.7. The molecule has 1 aromatic heterocycles. The van der Waals surface area contributed by atoms with Gasteiger partial charge in [0, 0.05) is 38.7 Å². The maximum atomic E-state index is 2.75. The molecule has 1 spiro atoms. The lowest BCUT2D eigenvalue weighted by molar-refractivity contribution is 0.590. The van der Waals surface area contributed by atoms with Crippen LogP contribution in [0.3, 0.4) is 0 Å². The van der Waals surface area contributed by atoms with Crippen molar-refractivity contribution in [2.75, 3.05) is 4.90 Å². The molecule has 0 radical (unpaired) electrons. The quantitative estimate of drug-likeness (QED) is 0.141. The average Bonchev–Trinajstić information content (AvgIpc) is 3.71. The van der Waals surface area contributed by atoms with E-state index in [1.807, 2.05) is 0 Å². The highest BCUT2D eigenvalue weighted by Gasteiger charge is 2.55. The van der Waals surface area contributed by atoms with Gasteiger partial charge in [-0.25, -0.2) is 0 Å². The molecule has 0 atom stereocenters. The lowest BCUT2D eigenvalue weighted by Gasteiger charge is -2.50. The van der Waals surface area contributed by atoms with E-state index in [1.54, 1.807) is 0 Å². The average molecular weight is 743 g/mol. The number of aromatic nitrogens is 1. The molecule has 0 N–H and O–H groups in total. The van der Waals surface area contributed by atoms with Crippen molar-refractivity contribution in [3.8, 4) is 22.3 Å². The van der Waals surface area contributed by atoms with Gasteiger partial charge in [0.15, 0.2) is 0 Å². The molecule has 8 aromatic carbocycles. The summed E-state index contributed by atoms with van der Waals surface area (Å²) in [6, 6.07) is 58.9. The Kier molecular flexibility index (Phi) is 5.98. The molecule has 0 bridgehead atoms. The molecular formula is C55H43BN2. The van der Waals surface area contributed by atoms with Crippen LogP contribution in [0.4, 0.5) is 17.1 Å². The van der Waals surface area contributed by atoms with Crippen LogP contribution in [0.5, 0.6) is 0 Å². The monoisotopic (exact) mass is 742 g/mol. The lowest BCUT2D eigenvalue weighted by Crippen LogP contribution is -2.58. The number of hydrogen-bond acceptors (Lipinski definition) is 1. The zero-order valence-electron chi connectivity index (χ0n) is 33.9. The summed E-state index contributed by atoms with van der Waals surface area (Å²) in [7, 11) is 0. The lowest BCUT2D eigenvalue weighted by atomic mass is 9.43. The largest absolute Gasteiger partial charge is 0.375 e. The van der Waals surface area contributed by atoms with Crippen molar-refractivity contribution in [3.05, 3.63) is 185 Å². The van der Waals surface area contributed by atoms with Crippen molar-refractivity contribution in [3.63, 3.8) is 0 Å². The molecule has 3 aliphatic heterocycles. The third-order valence-electron chi connectivity index (χ3n) is 14.2. The summed E-state index contributed by atoms with van der Waals surface area (Å²) in [5, 5.41) is 5.31. The van der Waals surface area contributed by atoms with E-state index < -0.39 is 5.41 Å². The highest BCUT2D eigenvalue weighted by Crippen LogP contribution is 2.64. The summed E-state index contributed by atoms with van der Waals surface area (Å²) in [6.07, 6.45) is 0. The molecule has 1 aliphatic carbocycles. The summed E-state index contributed by atoms with van der Waals surface area (Å²) in [5.41, 5.74) is 22.4. The van der Waals surface area contributed by atoms with Crippen LogP contribution >= 0.6 is 0 Å². The summed E-state index contributed by atoms with van der Waals surface area (Å²) in [5.74, 6) is 0. The van der Waals surface area contributed by atoms with Crippen molar-refractivity contribution < 1.29 is 0 Å². The minimum Gasteiger partial charge on any atom is -0.375 e. The molecule has 276 valence electrons. The standard InChI is InChI=1S/C55H43BN2/c1-53(2,3)33-26-27-46-38(29-33)39-30-34(54(4,5)6)31-40-49-35-17-8-7-16-32(35)28-48-50(49)56(58(46)51(39)40)45-24-15-23-44-52(45)57(48)47-25-14-13-22-43(47)55(44)41-20-11-9-18-36(41)37-19-10-12-21-42(37)55/h7-31H,1-6H3. The van der Waals surface area contributed by atoms with Gasteiger partial charge in [-0.15, -0.1) is 0 Å². The summed E-state index contributed by atoms with van der Waals surface area (Å²) >= 11 is 0. The van der Waals surface area contributed by atoms with Crippen LogP contribution in [0.1, 0.15) is 74.9 Å². The minimum atomic E-state index is -0.466. The first-order chi connectivity index (χ1) is 28.1. The van der Waals surface area contributed by atoms with Gasteiger partial charge in [-0.1, -0.05) is 157 Å². The highest BCUT2D eigenvalue weighted by molar-refractivity contribution is 6.90. The van der Waals surface area contributed by atoms with Gasteiger partial charge >= 0.3 is 6.85 Å². The molecule has 13 rings (SSSR count). The Morgan fingerprint density at radius 3 is 1.86 bits per heavy atom. The first-order valence-corrected chi connectivity index (χ1v) is 21.0. The van der Waals surface area contributed by atoms with Crippen LogP contribution < -0.4 is 15.8 Å². The van der Waals surface area contributed by atoms with Crippen molar-refractivity contribution in [1.29, 1.82) is 0 Å². The summed E-state index contributed by atoms with van der Waals surface area (Å²) < 4.78 is 2.75. The zero-order valence-corrected chi connectivity index (χ0v) is 33.9. The van der Waals surface area contributed by atoms with Crippen molar-refractivity contribution >= 4 is 67.4 Å². The van der Waals surface area contributed by atoms with Crippen LogP contribution in [-0.2, 0) is 16.2 Å².